The van der Waals surface area contributed by atoms with Gasteiger partial charge in [-0.2, -0.15) is 0 Å². The van der Waals surface area contributed by atoms with Crippen LogP contribution in [0.1, 0.15) is 39.2 Å². The average molecular weight is 566 g/mol. The fraction of sp³-hybridized carbons (Fsp3) is 0.192. The third-order valence-electron chi connectivity index (χ3n) is 6.39. The van der Waals surface area contributed by atoms with E-state index in [1.165, 1.54) is 18.1 Å². The van der Waals surface area contributed by atoms with Crippen LogP contribution in [-0.2, 0) is 4.79 Å². The fourth-order valence-corrected chi connectivity index (χ4v) is 5.12. The smallest absolute Gasteiger partial charge is 0.270 e. The summed E-state index contributed by atoms with van der Waals surface area (Å²) in [5.41, 5.74) is 0.721. The maximum Gasteiger partial charge on any atom is 0.270 e. The molecule has 1 saturated heterocycles. The predicted molar refractivity (Wildman–Crippen MR) is 136 cm³/mol. The minimum Gasteiger partial charge on any atom is -0.496 e. The molecule has 1 fully saturated rings. The third kappa shape index (κ3) is 3.91. The molecule has 2 aliphatic heterocycles. The summed E-state index contributed by atoms with van der Waals surface area (Å²) in [5, 5.41) is 11.2. The maximum atomic E-state index is 13.6. The monoisotopic (exact) mass is 565 g/mol. The number of anilines is 1. The molecule has 0 bridgehead atoms. The molecule has 0 radical (unpaired) electrons. The van der Waals surface area contributed by atoms with Crippen molar-refractivity contribution in [1.82, 2.24) is 4.90 Å². The first kappa shape index (κ1) is 24.4. The summed E-state index contributed by atoms with van der Waals surface area (Å²) in [5.74, 6) is -0.811. The molecular formula is C26H20BrN3O7. The lowest BCUT2D eigenvalue weighted by atomic mass is 9.85. The van der Waals surface area contributed by atoms with Crippen LogP contribution in [0.25, 0.3) is 0 Å². The van der Waals surface area contributed by atoms with Crippen molar-refractivity contribution in [2.45, 2.75) is 19.0 Å². The number of methoxy groups -OCH3 is 1. The summed E-state index contributed by atoms with van der Waals surface area (Å²) in [6, 6.07) is 13.7. The van der Waals surface area contributed by atoms with Gasteiger partial charge in [-0.1, -0.05) is 15.9 Å². The molecule has 0 N–H and O–H groups in total. The van der Waals surface area contributed by atoms with Crippen molar-refractivity contribution in [3.05, 3.63) is 91.9 Å². The molecule has 37 heavy (non-hydrogen) atoms. The van der Waals surface area contributed by atoms with E-state index in [4.69, 9.17) is 9.47 Å². The molecule has 188 valence electrons. The standard InChI is InChI=1S/C26H20BrN3O7/c1-3-37-17-8-5-15(6-9-17)28-22(20-12-14(27)4-11-21(20)36-2)23(26(28)33)29-24(31)18-10-7-16(30(34)35)13-19(18)25(29)32/h4-13,22-23H,3H2,1-2H3/t22-,23+/m1/s1. The van der Waals surface area contributed by atoms with Crippen molar-refractivity contribution in [2.75, 3.05) is 18.6 Å². The highest BCUT2D eigenvalue weighted by atomic mass is 79.9. The SMILES string of the molecule is CCOc1ccc(N2C(=O)[C@@H](N3C(=O)c4ccc([N+](=O)[O-])cc4C3=O)[C@H]2c2cc(Br)ccc2OC)cc1. The Hall–Kier alpha value is -4.25. The molecule has 2 heterocycles. The van der Waals surface area contributed by atoms with Crippen LogP contribution in [-0.4, -0.2) is 47.3 Å². The van der Waals surface area contributed by atoms with E-state index in [0.717, 1.165) is 17.0 Å². The van der Waals surface area contributed by atoms with Crippen LogP contribution in [0.15, 0.2) is 65.1 Å². The molecule has 0 aliphatic carbocycles. The molecule has 0 saturated carbocycles. The minimum atomic E-state index is -1.18. The van der Waals surface area contributed by atoms with Crippen molar-refractivity contribution < 1.29 is 28.8 Å². The van der Waals surface area contributed by atoms with E-state index < -0.39 is 34.7 Å². The molecule has 2 atom stereocenters. The van der Waals surface area contributed by atoms with E-state index in [1.807, 2.05) is 6.92 Å². The van der Waals surface area contributed by atoms with Crippen LogP contribution in [0.2, 0.25) is 0 Å². The third-order valence-corrected chi connectivity index (χ3v) is 6.89. The van der Waals surface area contributed by atoms with Crippen LogP contribution in [0, 0.1) is 10.1 Å². The number of amides is 3. The van der Waals surface area contributed by atoms with Crippen LogP contribution in [0.3, 0.4) is 0 Å². The number of hydrogen-bond donors (Lipinski definition) is 0. The summed E-state index contributed by atoms with van der Waals surface area (Å²) in [6.07, 6.45) is 0. The number of nitro benzene ring substituents is 1. The number of rotatable bonds is 7. The Bertz CT molecular complexity index is 1460. The zero-order valence-electron chi connectivity index (χ0n) is 19.7. The Kier molecular flexibility index (Phi) is 6.16. The summed E-state index contributed by atoms with van der Waals surface area (Å²) < 4.78 is 11.8. The van der Waals surface area contributed by atoms with Gasteiger partial charge in [0.05, 0.1) is 35.8 Å². The topological polar surface area (TPSA) is 119 Å². The zero-order valence-corrected chi connectivity index (χ0v) is 21.3. The van der Waals surface area contributed by atoms with Crippen molar-refractivity contribution in [3.8, 4) is 11.5 Å². The second-order valence-corrected chi connectivity index (χ2v) is 9.29. The van der Waals surface area contributed by atoms with Gasteiger partial charge in [0.15, 0.2) is 0 Å². The zero-order chi connectivity index (χ0) is 26.4. The van der Waals surface area contributed by atoms with Gasteiger partial charge in [-0.25, -0.2) is 0 Å². The van der Waals surface area contributed by atoms with E-state index in [-0.39, 0.29) is 16.8 Å². The number of fused-ring (bicyclic) bond motifs is 1. The highest BCUT2D eigenvalue weighted by molar-refractivity contribution is 9.10. The van der Waals surface area contributed by atoms with Gasteiger partial charge in [0, 0.05) is 27.9 Å². The normalized spacial score (nSPS) is 18.5. The number of benzene rings is 3. The Morgan fingerprint density at radius 2 is 1.62 bits per heavy atom. The van der Waals surface area contributed by atoms with Gasteiger partial charge in [0.1, 0.15) is 17.5 Å². The number of β-lactam (4-membered cyclic amide) rings is 1. The molecule has 3 amide bonds. The molecule has 5 rings (SSSR count). The number of carbonyl (C=O) groups is 3. The molecule has 3 aromatic carbocycles. The highest BCUT2D eigenvalue weighted by Crippen LogP contribution is 2.47. The van der Waals surface area contributed by atoms with Gasteiger partial charge in [0.2, 0.25) is 0 Å². The van der Waals surface area contributed by atoms with Gasteiger partial charge in [-0.05, 0) is 55.5 Å². The largest absolute Gasteiger partial charge is 0.496 e. The van der Waals surface area contributed by atoms with Crippen LogP contribution in [0.4, 0.5) is 11.4 Å². The van der Waals surface area contributed by atoms with Gasteiger partial charge < -0.3 is 14.4 Å². The molecule has 0 spiro atoms. The van der Waals surface area contributed by atoms with Gasteiger partial charge in [-0.15, -0.1) is 0 Å². The molecule has 3 aromatic rings. The van der Waals surface area contributed by atoms with E-state index in [0.29, 0.717) is 33.8 Å². The number of nitrogens with zero attached hydrogens (tertiary/aromatic N) is 3. The first-order chi connectivity index (χ1) is 17.8. The maximum absolute atomic E-state index is 13.6. The van der Waals surface area contributed by atoms with Crippen LogP contribution >= 0.6 is 15.9 Å². The molecule has 0 aromatic heterocycles. The number of hydrogen-bond acceptors (Lipinski definition) is 7. The van der Waals surface area contributed by atoms with E-state index >= 15 is 0 Å². The second kappa shape index (κ2) is 9.32. The van der Waals surface area contributed by atoms with Crippen LogP contribution in [0.5, 0.6) is 11.5 Å². The summed E-state index contributed by atoms with van der Waals surface area (Å²) in [7, 11) is 1.49. The van der Waals surface area contributed by atoms with Gasteiger partial charge >= 0.3 is 0 Å². The first-order valence-electron chi connectivity index (χ1n) is 11.3. The Morgan fingerprint density at radius 3 is 2.27 bits per heavy atom. The average Bonchev–Trinajstić information content (AvgIpc) is 3.13. The number of halogens is 1. The van der Waals surface area contributed by atoms with Crippen molar-refractivity contribution in [2.24, 2.45) is 0 Å². The molecular weight excluding hydrogens is 546 g/mol. The minimum absolute atomic E-state index is 0.0166. The number of carbonyl (C=O) groups excluding carboxylic acids is 3. The van der Waals surface area contributed by atoms with Gasteiger partial charge in [0.25, 0.3) is 23.4 Å². The predicted octanol–water partition coefficient (Wildman–Crippen LogP) is 4.52. The summed E-state index contributed by atoms with van der Waals surface area (Å²) >= 11 is 3.45. The fourth-order valence-electron chi connectivity index (χ4n) is 4.74. The van der Waals surface area contributed by atoms with Crippen molar-refractivity contribution in [1.29, 1.82) is 0 Å². The second-order valence-electron chi connectivity index (χ2n) is 8.38. The number of non-ortho nitro benzene ring substituents is 1. The molecule has 11 heteroatoms. The van der Waals surface area contributed by atoms with E-state index in [9.17, 15) is 24.5 Å². The summed E-state index contributed by atoms with van der Waals surface area (Å²) in [6.45, 7) is 2.35. The Balaban J connectivity index is 1.60. The van der Waals surface area contributed by atoms with E-state index in [2.05, 4.69) is 15.9 Å². The number of ether oxygens (including phenoxy) is 2. The number of nitro groups is 1. The Labute approximate surface area is 219 Å². The molecule has 0 unspecified atom stereocenters. The molecule has 10 nitrogen and oxygen atoms in total. The lowest BCUT2D eigenvalue weighted by molar-refractivity contribution is -0.384. The summed E-state index contributed by atoms with van der Waals surface area (Å²) in [4.78, 5) is 53.3. The lowest BCUT2D eigenvalue weighted by Gasteiger charge is -2.50. The Morgan fingerprint density at radius 1 is 0.919 bits per heavy atom. The molecule has 2 aliphatic rings. The lowest BCUT2D eigenvalue weighted by Crippen LogP contribution is -2.67. The van der Waals surface area contributed by atoms with Gasteiger partial charge in [-0.3, -0.25) is 29.4 Å². The first-order valence-corrected chi connectivity index (χ1v) is 12.1. The highest BCUT2D eigenvalue weighted by Gasteiger charge is 2.58. The van der Waals surface area contributed by atoms with Crippen LogP contribution < -0.4 is 14.4 Å². The quantitative estimate of drug-likeness (QED) is 0.179. The van der Waals surface area contributed by atoms with Crippen molar-refractivity contribution in [3.63, 3.8) is 0 Å². The van der Waals surface area contributed by atoms with Crippen molar-refractivity contribution >= 4 is 45.0 Å². The van der Waals surface area contributed by atoms with E-state index in [1.54, 1.807) is 42.5 Å². The number of imide groups is 1.